The van der Waals surface area contributed by atoms with Crippen LogP contribution in [0.25, 0.3) is 0 Å². The van der Waals surface area contributed by atoms with E-state index in [1.165, 1.54) is 7.11 Å². The Morgan fingerprint density at radius 2 is 1.88 bits per heavy atom. The van der Waals surface area contributed by atoms with Crippen LogP contribution < -0.4 is 14.8 Å². The van der Waals surface area contributed by atoms with Crippen LogP contribution in [0.5, 0.6) is 11.5 Å². The van der Waals surface area contributed by atoms with Crippen molar-refractivity contribution in [2.45, 2.75) is 12.5 Å². The van der Waals surface area contributed by atoms with Crippen molar-refractivity contribution >= 4 is 11.9 Å². The first-order valence-electron chi connectivity index (χ1n) is 7.49. The first-order valence-corrected chi connectivity index (χ1v) is 7.49. The molecule has 0 radical (unpaired) electrons. The van der Waals surface area contributed by atoms with Gasteiger partial charge in [-0.05, 0) is 23.8 Å². The van der Waals surface area contributed by atoms with Crippen molar-refractivity contribution in [3.05, 3.63) is 59.7 Å². The van der Waals surface area contributed by atoms with Crippen LogP contribution >= 0.6 is 0 Å². The van der Waals surface area contributed by atoms with Crippen LogP contribution in [-0.4, -0.2) is 25.8 Å². The highest BCUT2D eigenvalue weighted by Crippen LogP contribution is 2.32. The largest absolute Gasteiger partial charge is 0.469 e. The van der Waals surface area contributed by atoms with E-state index >= 15 is 0 Å². The summed E-state index contributed by atoms with van der Waals surface area (Å²) in [5.74, 6) is 0.452. The van der Waals surface area contributed by atoms with E-state index in [0.29, 0.717) is 17.1 Å². The monoisotopic (exact) mass is 327 g/mol. The smallest absolute Gasteiger partial charge is 0.307 e. The highest BCUT2D eigenvalue weighted by atomic mass is 16.7. The number of nitrogens with one attached hydrogen (secondary N) is 1. The lowest BCUT2D eigenvalue weighted by Gasteiger charge is -2.18. The number of fused-ring (bicyclic) bond motifs is 1. The van der Waals surface area contributed by atoms with Gasteiger partial charge in [0.15, 0.2) is 11.5 Å². The van der Waals surface area contributed by atoms with Gasteiger partial charge in [-0.1, -0.05) is 30.3 Å². The van der Waals surface area contributed by atoms with Gasteiger partial charge in [-0.25, -0.2) is 0 Å². The fourth-order valence-corrected chi connectivity index (χ4v) is 2.47. The molecule has 0 saturated carbocycles. The first kappa shape index (κ1) is 15.9. The number of hydrogen-bond acceptors (Lipinski definition) is 5. The fourth-order valence-electron chi connectivity index (χ4n) is 2.47. The van der Waals surface area contributed by atoms with E-state index in [0.717, 1.165) is 5.56 Å². The van der Waals surface area contributed by atoms with E-state index in [1.807, 2.05) is 30.3 Å². The Balaban J connectivity index is 1.79. The predicted octanol–water partition coefficient (Wildman–Crippen LogP) is 2.45. The second-order valence-electron chi connectivity index (χ2n) is 5.29. The van der Waals surface area contributed by atoms with Crippen LogP contribution in [0.15, 0.2) is 48.5 Å². The van der Waals surface area contributed by atoms with Gasteiger partial charge in [0.2, 0.25) is 6.79 Å². The molecule has 2 aromatic rings. The third kappa shape index (κ3) is 3.48. The summed E-state index contributed by atoms with van der Waals surface area (Å²) >= 11 is 0. The average molecular weight is 327 g/mol. The number of carbonyl (C=O) groups is 2. The molecule has 1 N–H and O–H groups in total. The lowest BCUT2D eigenvalue weighted by molar-refractivity contribution is -0.141. The van der Waals surface area contributed by atoms with Gasteiger partial charge in [-0.3, -0.25) is 9.59 Å². The van der Waals surface area contributed by atoms with Crippen molar-refractivity contribution in [1.29, 1.82) is 0 Å². The van der Waals surface area contributed by atoms with Gasteiger partial charge < -0.3 is 19.5 Å². The standard InChI is InChI=1S/C18H17NO5/c1-22-17(20)10-14(12-5-3-2-4-6-12)19-18(21)13-7-8-15-16(9-13)24-11-23-15/h2-9,14H,10-11H2,1H3,(H,19,21)/t14-/m1/s1. The zero-order chi connectivity index (χ0) is 16.9. The van der Waals surface area contributed by atoms with Crippen LogP contribution in [0.3, 0.4) is 0 Å². The van der Waals surface area contributed by atoms with Crippen LogP contribution in [0.2, 0.25) is 0 Å². The maximum atomic E-state index is 12.5. The highest BCUT2D eigenvalue weighted by molar-refractivity contribution is 5.95. The van der Waals surface area contributed by atoms with E-state index in [-0.39, 0.29) is 19.1 Å². The molecule has 1 atom stereocenters. The first-order chi connectivity index (χ1) is 11.7. The minimum absolute atomic E-state index is 0.0524. The molecule has 6 heteroatoms. The topological polar surface area (TPSA) is 73.9 Å². The summed E-state index contributed by atoms with van der Waals surface area (Å²) in [4.78, 5) is 24.2. The van der Waals surface area contributed by atoms with Gasteiger partial charge in [0.1, 0.15) is 0 Å². The summed E-state index contributed by atoms with van der Waals surface area (Å²) in [6, 6.07) is 13.8. The molecule has 3 rings (SSSR count). The molecule has 1 amide bonds. The molecule has 24 heavy (non-hydrogen) atoms. The fraction of sp³-hybridized carbons (Fsp3) is 0.222. The summed E-state index contributed by atoms with van der Waals surface area (Å²) in [6.07, 6.45) is 0.0524. The second kappa shape index (κ2) is 7.04. The lowest BCUT2D eigenvalue weighted by Crippen LogP contribution is -2.30. The van der Waals surface area contributed by atoms with Gasteiger partial charge in [0.25, 0.3) is 5.91 Å². The summed E-state index contributed by atoms with van der Waals surface area (Å²) < 4.78 is 15.2. The number of ether oxygens (including phenoxy) is 3. The van der Waals surface area contributed by atoms with Crippen molar-refractivity contribution < 1.29 is 23.8 Å². The number of amides is 1. The maximum absolute atomic E-state index is 12.5. The van der Waals surface area contributed by atoms with Gasteiger partial charge in [-0.2, -0.15) is 0 Å². The van der Waals surface area contributed by atoms with E-state index < -0.39 is 12.0 Å². The second-order valence-corrected chi connectivity index (χ2v) is 5.29. The van der Waals surface area contributed by atoms with E-state index in [4.69, 9.17) is 14.2 Å². The molecule has 1 aliphatic heterocycles. The van der Waals surface area contributed by atoms with Gasteiger partial charge in [0, 0.05) is 5.56 Å². The Hall–Kier alpha value is -3.02. The van der Waals surface area contributed by atoms with Crippen LogP contribution in [-0.2, 0) is 9.53 Å². The molecule has 0 aliphatic carbocycles. The average Bonchev–Trinajstić information content (AvgIpc) is 3.09. The number of methoxy groups -OCH3 is 1. The van der Waals surface area contributed by atoms with Gasteiger partial charge in [-0.15, -0.1) is 0 Å². The molecular weight excluding hydrogens is 310 g/mol. The summed E-state index contributed by atoms with van der Waals surface area (Å²) in [6.45, 7) is 0.148. The SMILES string of the molecule is COC(=O)C[C@@H](NC(=O)c1ccc2c(c1)OCO2)c1ccccc1. The molecule has 0 bridgehead atoms. The predicted molar refractivity (Wildman–Crippen MR) is 85.8 cm³/mol. The minimum Gasteiger partial charge on any atom is -0.469 e. The third-order valence-corrected chi connectivity index (χ3v) is 3.74. The third-order valence-electron chi connectivity index (χ3n) is 3.74. The zero-order valence-electron chi connectivity index (χ0n) is 13.2. The molecule has 0 fully saturated rings. The number of esters is 1. The Kier molecular flexibility index (Phi) is 4.65. The van der Waals surface area contributed by atoms with Crippen molar-refractivity contribution in [2.75, 3.05) is 13.9 Å². The Morgan fingerprint density at radius 3 is 2.62 bits per heavy atom. The van der Waals surface area contributed by atoms with Gasteiger partial charge >= 0.3 is 5.97 Å². The molecule has 0 aromatic heterocycles. The molecule has 124 valence electrons. The normalized spacial score (nSPS) is 13.2. The number of benzene rings is 2. The lowest BCUT2D eigenvalue weighted by atomic mass is 10.0. The Bertz CT molecular complexity index is 744. The van der Waals surface area contributed by atoms with Crippen LogP contribution in [0.1, 0.15) is 28.4 Å². The number of carbonyl (C=O) groups excluding carboxylic acids is 2. The summed E-state index contributed by atoms with van der Waals surface area (Å²) in [5, 5.41) is 2.87. The van der Waals surface area contributed by atoms with E-state index in [2.05, 4.69) is 5.32 Å². The van der Waals surface area contributed by atoms with Crippen molar-refractivity contribution in [2.24, 2.45) is 0 Å². The van der Waals surface area contributed by atoms with Gasteiger partial charge in [0.05, 0.1) is 19.6 Å². The van der Waals surface area contributed by atoms with Crippen LogP contribution in [0, 0.1) is 0 Å². The molecule has 0 saturated heterocycles. The molecule has 6 nitrogen and oxygen atoms in total. The Morgan fingerprint density at radius 1 is 1.12 bits per heavy atom. The van der Waals surface area contributed by atoms with Crippen molar-refractivity contribution in [3.8, 4) is 11.5 Å². The maximum Gasteiger partial charge on any atom is 0.307 e. The molecule has 1 heterocycles. The highest BCUT2D eigenvalue weighted by Gasteiger charge is 2.21. The molecule has 1 aliphatic rings. The summed E-state index contributed by atoms with van der Waals surface area (Å²) in [5.41, 5.74) is 1.27. The molecule has 0 unspecified atom stereocenters. The molecule has 0 spiro atoms. The Labute approximate surface area is 139 Å². The molecule has 2 aromatic carbocycles. The number of rotatable bonds is 5. The quantitative estimate of drug-likeness (QED) is 0.854. The van der Waals surface area contributed by atoms with E-state index in [1.54, 1.807) is 18.2 Å². The molecular formula is C18H17NO5. The summed E-state index contributed by atoms with van der Waals surface area (Å²) in [7, 11) is 1.32. The van der Waals surface area contributed by atoms with E-state index in [9.17, 15) is 9.59 Å². The van der Waals surface area contributed by atoms with Crippen LogP contribution in [0.4, 0.5) is 0 Å². The zero-order valence-corrected chi connectivity index (χ0v) is 13.2. The van der Waals surface area contributed by atoms with Crippen molar-refractivity contribution in [3.63, 3.8) is 0 Å². The number of hydrogen-bond donors (Lipinski definition) is 1. The minimum atomic E-state index is -0.475. The van der Waals surface area contributed by atoms with Crippen molar-refractivity contribution in [1.82, 2.24) is 5.32 Å².